The molecule has 1 amide bonds. The van der Waals surface area contributed by atoms with E-state index in [0.29, 0.717) is 35.8 Å². The molecule has 0 unspecified atom stereocenters. The molecule has 1 N–H and O–H groups in total. The summed E-state index contributed by atoms with van der Waals surface area (Å²) < 4.78 is 10.7. The second kappa shape index (κ2) is 10.1. The molecule has 0 radical (unpaired) electrons. The number of hydrogen-bond acceptors (Lipinski definition) is 5. The van der Waals surface area contributed by atoms with Crippen molar-refractivity contribution < 1.29 is 19.4 Å². The number of ether oxygens (including phenoxy) is 2. The molecule has 0 saturated carbocycles. The Kier molecular flexibility index (Phi) is 7.25. The summed E-state index contributed by atoms with van der Waals surface area (Å²) in [5.74, 6) is 1.13. The van der Waals surface area contributed by atoms with Gasteiger partial charge in [-0.1, -0.05) is 31.5 Å². The number of amides is 1. The third-order valence-corrected chi connectivity index (χ3v) is 5.06. The van der Waals surface area contributed by atoms with Gasteiger partial charge in [-0.05, 0) is 36.8 Å². The molecule has 1 heterocycles. The lowest BCUT2D eigenvalue weighted by atomic mass is 10.0. The Morgan fingerprint density at radius 3 is 2.50 bits per heavy atom. The molecule has 0 aliphatic rings. The van der Waals surface area contributed by atoms with E-state index in [1.807, 2.05) is 48.5 Å². The molecule has 0 atom stereocenters. The van der Waals surface area contributed by atoms with Crippen LogP contribution in [0.2, 0.25) is 0 Å². The summed E-state index contributed by atoms with van der Waals surface area (Å²) in [7, 11) is 3.18. The summed E-state index contributed by atoms with van der Waals surface area (Å²) in [6, 6.07) is 15.0. The van der Waals surface area contributed by atoms with E-state index in [4.69, 9.17) is 14.5 Å². The van der Waals surface area contributed by atoms with E-state index < -0.39 is 0 Å². The quantitative estimate of drug-likeness (QED) is 0.576. The van der Waals surface area contributed by atoms with Gasteiger partial charge in [-0.15, -0.1) is 0 Å². The van der Waals surface area contributed by atoms with Crippen molar-refractivity contribution in [2.45, 2.75) is 19.8 Å². The summed E-state index contributed by atoms with van der Waals surface area (Å²) in [6.07, 6.45) is 1.86. The average molecular weight is 408 g/mol. The highest BCUT2D eigenvalue weighted by Crippen LogP contribution is 2.33. The molecule has 30 heavy (non-hydrogen) atoms. The first-order chi connectivity index (χ1) is 14.6. The van der Waals surface area contributed by atoms with Gasteiger partial charge in [-0.2, -0.15) is 0 Å². The van der Waals surface area contributed by atoms with Gasteiger partial charge in [0.25, 0.3) is 5.91 Å². The van der Waals surface area contributed by atoms with Crippen LogP contribution in [0.3, 0.4) is 0 Å². The standard InChI is InChI=1S/C24H28N2O4/c1-4-5-12-26(13-14-27)24(28)19-16-21(25-20-9-7-6-8-18(19)20)17-10-11-22(29-2)23(15-17)30-3/h6-11,15-16,27H,4-5,12-14H2,1-3H3. The van der Waals surface area contributed by atoms with Gasteiger partial charge in [0, 0.05) is 24.0 Å². The maximum Gasteiger partial charge on any atom is 0.254 e. The van der Waals surface area contributed by atoms with Gasteiger partial charge in [0.15, 0.2) is 11.5 Å². The van der Waals surface area contributed by atoms with Crippen LogP contribution in [0.15, 0.2) is 48.5 Å². The molecule has 0 aliphatic heterocycles. The minimum atomic E-state index is -0.0992. The Morgan fingerprint density at radius 2 is 1.80 bits per heavy atom. The maximum atomic E-state index is 13.4. The average Bonchev–Trinajstić information content (AvgIpc) is 2.80. The predicted octanol–water partition coefficient (Wildman–Crippen LogP) is 4.15. The second-order valence-electron chi connectivity index (χ2n) is 7.01. The second-order valence-corrected chi connectivity index (χ2v) is 7.01. The molecule has 0 spiro atoms. The number of aliphatic hydroxyl groups is 1. The Morgan fingerprint density at radius 1 is 1.03 bits per heavy atom. The first-order valence-electron chi connectivity index (χ1n) is 10.1. The zero-order valence-corrected chi connectivity index (χ0v) is 17.7. The van der Waals surface area contributed by atoms with Crippen LogP contribution in [0.1, 0.15) is 30.1 Å². The van der Waals surface area contributed by atoms with E-state index in [-0.39, 0.29) is 12.5 Å². The summed E-state index contributed by atoms with van der Waals surface area (Å²) in [5, 5.41) is 10.3. The van der Waals surface area contributed by atoms with E-state index in [1.54, 1.807) is 19.1 Å². The SMILES string of the molecule is CCCCN(CCO)C(=O)c1cc(-c2ccc(OC)c(OC)c2)nc2ccccc12. The number of methoxy groups -OCH3 is 2. The molecule has 0 aliphatic carbocycles. The highest BCUT2D eigenvalue weighted by Gasteiger charge is 2.20. The monoisotopic (exact) mass is 408 g/mol. The number of aliphatic hydroxyl groups excluding tert-OH is 1. The number of rotatable bonds is 9. The van der Waals surface area contributed by atoms with Crippen LogP contribution in [-0.4, -0.2) is 54.8 Å². The van der Waals surface area contributed by atoms with E-state index in [0.717, 1.165) is 29.3 Å². The van der Waals surface area contributed by atoms with Crippen LogP contribution >= 0.6 is 0 Å². The number of para-hydroxylation sites is 1. The number of carbonyl (C=O) groups is 1. The maximum absolute atomic E-state index is 13.4. The molecule has 3 aromatic rings. The van der Waals surface area contributed by atoms with E-state index in [1.165, 1.54) is 0 Å². The molecule has 6 heteroatoms. The van der Waals surface area contributed by atoms with Crippen LogP contribution in [0, 0.1) is 0 Å². The summed E-state index contributed by atoms with van der Waals surface area (Å²) in [5.41, 5.74) is 2.83. The van der Waals surface area contributed by atoms with Crippen LogP contribution in [0.4, 0.5) is 0 Å². The molecule has 2 aromatic carbocycles. The fraction of sp³-hybridized carbons (Fsp3) is 0.333. The minimum Gasteiger partial charge on any atom is -0.493 e. The number of aromatic nitrogens is 1. The first kappa shape index (κ1) is 21.6. The lowest BCUT2D eigenvalue weighted by Crippen LogP contribution is -2.34. The minimum absolute atomic E-state index is 0.0684. The van der Waals surface area contributed by atoms with Crippen molar-refractivity contribution in [3.05, 3.63) is 54.1 Å². The Labute approximate surface area is 177 Å². The van der Waals surface area contributed by atoms with Gasteiger partial charge >= 0.3 is 0 Å². The van der Waals surface area contributed by atoms with Crippen molar-refractivity contribution in [2.75, 3.05) is 33.9 Å². The van der Waals surface area contributed by atoms with Crippen LogP contribution in [0.25, 0.3) is 22.2 Å². The predicted molar refractivity (Wildman–Crippen MR) is 118 cm³/mol. The topological polar surface area (TPSA) is 71.9 Å². The van der Waals surface area contributed by atoms with Crippen molar-refractivity contribution in [1.82, 2.24) is 9.88 Å². The van der Waals surface area contributed by atoms with Gasteiger partial charge < -0.3 is 19.5 Å². The number of nitrogens with zero attached hydrogens (tertiary/aromatic N) is 2. The molecule has 6 nitrogen and oxygen atoms in total. The Hall–Kier alpha value is -3.12. The number of pyridine rings is 1. The summed E-state index contributed by atoms with van der Waals surface area (Å²) >= 11 is 0. The number of unbranched alkanes of at least 4 members (excludes halogenated alkanes) is 1. The fourth-order valence-corrected chi connectivity index (χ4v) is 3.45. The summed E-state index contributed by atoms with van der Waals surface area (Å²) in [4.78, 5) is 19.9. The third-order valence-electron chi connectivity index (χ3n) is 5.06. The van der Waals surface area contributed by atoms with Gasteiger partial charge in [-0.25, -0.2) is 4.98 Å². The highest BCUT2D eigenvalue weighted by molar-refractivity contribution is 6.07. The van der Waals surface area contributed by atoms with Crippen molar-refractivity contribution in [2.24, 2.45) is 0 Å². The lowest BCUT2D eigenvalue weighted by molar-refractivity contribution is 0.0721. The van der Waals surface area contributed by atoms with Gasteiger partial charge in [-0.3, -0.25) is 4.79 Å². The van der Waals surface area contributed by atoms with E-state index >= 15 is 0 Å². The smallest absolute Gasteiger partial charge is 0.254 e. The van der Waals surface area contributed by atoms with Crippen molar-refractivity contribution >= 4 is 16.8 Å². The van der Waals surface area contributed by atoms with E-state index in [2.05, 4.69) is 6.92 Å². The zero-order valence-electron chi connectivity index (χ0n) is 17.7. The molecule has 0 fully saturated rings. The third kappa shape index (κ3) is 4.54. The number of benzene rings is 2. The number of fused-ring (bicyclic) bond motifs is 1. The molecule has 0 saturated heterocycles. The molecule has 3 rings (SSSR count). The van der Waals surface area contributed by atoms with Gasteiger partial charge in [0.2, 0.25) is 0 Å². The van der Waals surface area contributed by atoms with Crippen molar-refractivity contribution in [3.8, 4) is 22.8 Å². The highest BCUT2D eigenvalue weighted by atomic mass is 16.5. The number of hydrogen-bond donors (Lipinski definition) is 1. The normalized spacial score (nSPS) is 10.8. The molecule has 0 bridgehead atoms. The van der Waals surface area contributed by atoms with Gasteiger partial charge in [0.05, 0.1) is 37.6 Å². The molecular weight excluding hydrogens is 380 g/mol. The van der Waals surface area contributed by atoms with Crippen molar-refractivity contribution in [1.29, 1.82) is 0 Å². The van der Waals surface area contributed by atoms with Crippen molar-refractivity contribution in [3.63, 3.8) is 0 Å². The van der Waals surface area contributed by atoms with E-state index in [9.17, 15) is 9.90 Å². The largest absolute Gasteiger partial charge is 0.493 e. The van der Waals surface area contributed by atoms with Crippen LogP contribution in [-0.2, 0) is 0 Å². The fourth-order valence-electron chi connectivity index (χ4n) is 3.45. The van der Waals surface area contributed by atoms with Crippen LogP contribution < -0.4 is 9.47 Å². The number of carbonyl (C=O) groups excluding carboxylic acids is 1. The zero-order chi connectivity index (χ0) is 21.5. The lowest BCUT2D eigenvalue weighted by Gasteiger charge is -2.22. The summed E-state index contributed by atoms with van der Waals surface area (Å²) in [6.45, 7) is 2.93. The first-order valence-corrected chi connectivity index (χ1v) is 10.1. The van der Waals surface area contributed by atoms with Crippen LogP contribution in [0.5, 0.6) is 11.5 Å². The molecule has 1 aromatic heterocycles. The Balaban J connectivity index is 2.12. The Bertz CT molecular complexity index is 1020. The molecule has 158 valence electrons. The van der Waals surface area contributed by atoms with Gasteiger partial charge in [0.1, 0.15) is 0 Å². The molecular formula is C24H28N2O4.